The van der Waals surface area contributed by atoms with Crippen LogP contribution in [0.15, 0.2) is 24.3 Å². The Morgan fingerprint density at radius 1 is 1.12 bits per heavy atom. The monoisotopic (exact) mass is 341 g/mol. The van der Waals surface area contributed by atoms with E-state index >= 15 is 0 Å². The second kappa shape index (κ2) is 9.03. The van der Waals surface area contributed by atoms with E-state index in [0.717, 1.165) is 51.4 Å². The van der Waals surface area contributed by atoms with Gasteiger partial charge in [-0.3, -0.25) is 9.69 Å². The Hall–Kier alpha value is -1.83. The van der Waals surface area contributed by atoms with Crippen LogP contribution in [-0.2, 0) is 11.3 Å². The molecule has 1 N–H and O–H groups in total. The van der Waals surface area contributed by atoms with E-state index in [1.807, 2.05) is 4.90 Å². The van der Waals surface area contributed by atoms with Crippen LogP contribution < -0.4 is 5.32 Å². The Kier molecular flexibility index (Phi) is 7.04. The number of nitrogens with zero attached hydrogens (tertiary/aromatic N) is 2. The second-order valence-corrected chi connectivity index (χ2v) is 7.95. The van der Waals surface area contributed by atoms with Gasteiger partial charge in [0.05, 0.1) is 6.54 Å². The highest BCUT2D eigenvalue weighted by Crippen LogP contribution is 2.11. The Bertz CT molecular complexity index is 611. The lowest BCUT2D eigenvalue weighted by Crippen LogP contribution is -2.47. The zero-order valence-electron chi connectivity index (χ0n) is 16.1. The number of nitrogens with one attached hydrogen (secondary N) is 1. The Morgan fingerprint density at radius 2 is 1.76 bits per heavy atom. The summed E-state index contributed by atoms with van der Waals surface area (Å²) in [6.07, 6.45) is 0. The molecule has 2 rings (SSSR count). The van der Waals surface area contributed by atoms with E-state index in [9.17, 15) is 4.79 Å². The first-order chi connectivity index (χ1) is 11.8. The molecule has 1 heterocycles. The van der Waals surface area contributed by atoms with Crippen molar-refractivity contribution in [2.75, 3.05) is 39.3 Å². The predicted octanol–water partition coefficient (Wildman–Crippen LogP) is 2.34. The summed E-state index contributed by atoms with van der Waals surface area (Å²) in [5.74, 6) is 6.66. The van der Waals surface area contributed by atoms with E-state index in [-0.39, 0.29) is 5.91 Å². The fourth-order valence-electron chi connectivity index (χ4n) is 2.76. The van der Waals surface area contributed by atoms with Crippen LogP contribution in [0.3, 0.4) is 0 Å². The normalized spacial score (nSPS) is 15.6. The molecule has 1 aliphatic rings. The molecule has 1 aromatic carbocycles. The minimum absolute atomic E-state index is 0.169. The summed E-state index contributed by atoms with van der Waals surface area (Å²) in [5, 5.41) is 3.49. The van der Waals surface area contributed by atoms with Gasteiger partial charge in [0.1, 0.15) is 0 Å². The highest BCUT2D eigenvalue weighted by atomic mass is 16.2. The van der Waals surface area contributed by atoms with Gasteiger partial charge in [0.25, 0.3) is 0 Å². The van der Waals surface area contributed by atoms with Gasteiger partial charge in [-0.05, 0) is 23.1 Å². The van der Waals surface area contributed by atoms with Crippen molar-refractivity contribution >= 4 is 5.91 Å². The van der Waals surface area contributed by atoms with Crippen molar-refractivity contribution in [3.8, 4) is 11.8 Å². The third-order valence-corrected chi connectivity index (χ3v) is 4.29. The molecule has 1 amide bonds. The number of amides is 1. The van der Waals surface area contributed by atoms with Crippen LogP contribution in [0.5, 0.6) is 0 Å². The zero-order chi connectivity index (χ0) is 18.3. The molecule has 0 aliphatic carbocycles. The fourth-order valence-corrected chi connectivity index (χ4v) is 2.76. The van der Waals surface area contributed by atoms with Crippen molar-refractivity contribution in [3.05, 3.63) is 35.4 Å². The van der Waals surface area contributed by atoms with Crippen LogP contribution in [0.2, 0.25) is 0 Å². The van der Waals surface area contributed by atoms with Crippen molar-refractivity contribution in [3.63, 3.8) is 0 Å². The van der Waals surface area contributed by atoms with E-state index in [4.69, 9.17) is 0 Å². The molecule has 0 radical (unpaired) electrons. The molecule has 1 fully saturated rings. The maximum Gasteiger partial charge on any atom is 0.219 e. The van der Waals surface area contributed by atoms with Crippen LogP contribution >= 0.6 is 0 Å². The summed E-state index contributed by atoms with van der Waals surface area (Å²) < 4.78 is 0. The summed E-state index contributed by atoms with van der Waals surface area (Å²) in [5.41, 5.74) is 2.65. The van der Waals surface area contributed by atoms with Gasteiger partial charge in [-0.25, -0.2) is 0 Å². The molecule has 25 heavy (non-hydrogen) atoms. The molecule has 0 spiro atoms. The van der Waals surface area contributed by atoms with Gasteiger partial charge in [0, 0.05) is 51.8 Å². The minimum atomic E-state index is 0.169. The number of carbonyl (C=O) groups is 1. The first kappa shape index (κ1) is 19.5. The van der Waals surface area contributed by atoms with Crippen LogP contribution in [0.4, 0.5) is 0 Å². The predicted molar refractivity (Wildman–Crippen MR) is 103 cm³/mol. The first-order valence-electron chi connectivity index (χ1n) is 9.10. The highest BCUT2D eigenvalue weighted by molar-refractivity contribution is 5.73. The maximum atomic E-state index is 11.3. The molecule has 4 nitrogen and oxygen atoms in total. The molecule has 0 aromatic heterocycles. The first-order valence-corrected chi connectivity index (χ1v) is 9.10. The lowest BCUT2D eigenvalue weighted by Gasteiger charge is -2.32. The van der Waals surface area contributed by atoms with E-state index < -0.39 is 0 Å². The average molecular weight is 341 g/mol. The van der Waals surface area contributed by atoms with Crippen LogP contribution in [0.25, 0.3) is 0 Å². The largest absolute Gasteiger partial charge is 0.340 e. The topological polar surface area (TPSA) is 35.6 Å². The average Bonchev–Trinajstić information content (AvgIpc) is 2.56. The summed E-state index contributed by atoms with van der Waals surface area (Å²) in [6.45, 7) is 14.4. The molecular weight excluding hydrogens is 310 g/mol. The highest BCUT2D eigenvalue weighted by Gasteiger charge is 2.17. The molecule has 1 aliphatic heterocycles. The van der Waals surface area contributed by atoms with Crippen molar-refractivity contribution in [1.82, 2.24) is 15.1 Å². The standard InChI is InChI=1S/C21H31N3O/c1-18(25)24-14-12-23(13-15-24)11-5-6-19-7-9-20(10-8-19)16-22-17-21(2,3)4/h7-10,22H,11-17H2,1-4H3. The van der Waals surface area contributed by atoms with Crippen LogP contribution in [0.1, 0.15) is 38.8 Å². The molecule has 1 saturated heterocycles. The van der Waals surface area contributed by atoms with E-state index in [0.29, 0.717) is 5.41 Å². The summed E-state index contributed by atoms with van der Waals surface area (Å²) in [4.78, 5) is 15.5. The quantitative estimate of drug-likeness (QED) is 0.854. The number of hydrogen-bond acceptors (Lipinski definition) is 3. The molecule has 1 aromatic rings. The number of hydrogen-bond donors (Lipinski definition) is 1. The van der Waals surface area contributed by atoms with Gasteiger partial charge >= 0.3 is 0 Å². The molecule has 0 unspecified atom stereocenters. The SMILES string of the molecule is CC(=O)N1CCN(CC#Cc2ccc(CNCC(C)(C)C)cc2)CC1. The van der Waals surface area contributed by atoms with Crippen molar-refractivity contribution in [2.24, 2.45) is 5.41 Å². The second-order valence-electron chi connectivity index (χ2n) is 7.95. The summed E-state index contributed by atoms with van der Waals surface area (Å²) in [6, 6.07) is 8.47. The molecule has 136 valence electrons. The van der Waals surface area contributed by atoms with Gasteiger partial charge in [0.15, 0.2) is 0 Å². The maximum absolute atomic E-state index is 11.3. The Balaban J connectivity index is 1.75. The Labute approximate surface area is 152 Å². The third-order valence-electron chi connectivity index (χ3n) is 4.29. The van der Waals surface area contributed by atoms with Crippen molar-refractivity contribution in [1.29, 1.82) is 0 Å². The van der Waals surface area contributed by atoms with Crippen molar-refractivity contribution in [2.45, 2.75) is 34.2 Å². The molecule has 0 bridgehead atoms. The van der Waals surface area contributed by atoms with Gasteiger partial charge in [-0.15, -0.1) is 0 Å². The molecule has 0 atom stereocenters. The smallest absolute Gasteiger partial charge is 0.219 e. The third kappa shape index (κ3) is 7.29. The van der Waals surface area contributed by atoms with Gasteiger partial charge < -0.3 is 10.2 Å². The van der Waals surface area contributed by atoms with Crippen LogP contribution in [-0.4, -0.2) is 55.0 Å². The zero-order valence-corrected chi connectivity index (χ0v) is 16.1. The number of piperazine rings is 1. The minimum Gasteiger partial charge on any atom is -0.340 e. The van der Waals surface area contributed by atoms with Gasteiger partial charge in [-0.1, -0.05) is 44.7 Å². The van der Waals surface area contributed by atoms with Gasteiger partial charge in [-0.2, -0.15) is 0 Å². The number of benzene rings is 1. The fraction of sp³-hybridized carbons (Fsp3) is 0.571. The number of carbonyl (C=O) groups excluding carboxylic acids is 1. The summed E-state index contributed by atoms with van der Waals surface area (Å²) in [7, 11) is 0. The lowest BCUT2D eigenvalue weighted by molar-refractivity contribution is -0.130. The van der Waals surface area contributed by atoms with Gasteiger partial charge in [0.2, 0.25) is 5.91 Å². The van der Waals surface area contributed by atoms with Crippen molar-refractivity contribution < 1.29 is 4.79 Å². The lowest BCUT2D eigenvalue weighted by atomic mass is 9.97. The van der Waals surface area contributed by atoms with Crippen LogP contribution in [0, 0.1) is 17.3 Å². The summed E-state index contributed by atoms with van der Waals surface area (Å²) >= 11 is 0. The van der Waals surface area contributed by atoms with E-state index in [1.54, 1.807) is 6.92 Å². The Morgan fingerprint density at radius 3 is 2.32 bits per heavy atom. The van der Waals surface area contributed by atoms with E-state index in [1.165, 1.54) is 5.56 Å². The molecular formula is C21H31N3O. The molecule has 0 saturated carbocycles. The van der Waals surface area contributed by atoms with E-state index in [2.05, 4.69) is 67.1 Å². The molecule has 4 heteroatoms. The number of rotatable bonds is 4.